The third-order valence-electron chi connectivity index (χ3n) is 5.48. The highest BCUT2D eigenvalue weighted by Crippen LogP contribution is 2.50. The molecule has 0 atom stereocenters. The molecule has 0 bridgehead atoms. The maximum Gasteiger partial charge on any atom is 0.200 e. The van der Waals surface area contributed by atoms with E-state index in [1.54, 1.807) is 12.1 Å². The van der Waals surface area contributed by atoms with Crippen molar-refractivity contribution in [3.63, 3.8) is 0 Å². The molecule has 1 aromatic carbocycles. The average Bonchev–Trinajstić information content (AvgIpc) is 2.67. The minimum absolute atomic E-state index is 0.0113. The van der Waals surface area contributed by atoms with Gasteiger partial charge in [0.15, 0.2) is 23.1 Å². The topological polar surface area (TPSA) is 82.1 Å². The predicted molar refractivity (Wildman–Crippen MR) is 96.8 cm³/mol. The summed E-state index contributed by atoms with van der Waals surface area (Å²) in [6.45, 7) is 0. The highest BCUT2D eigenvalue weighted by Gasteiger charge is 2.42. The van der Waals surface area contributed by atoms with Gasteiger partial charge < -0.3 is 19.3 Å². The van der Waals surface area contributed by atoms with Gasteiger partial charge in [0.25, 0.3) is 0 Å². The second kappa shape index (κ2) is 6.76. The van der Waals surface area contributed by atoms with Crippen LogP contribution in [0.5, 0.6) is 17.2 Å². The number of ether oxygens (including phenoxy) is 3. The predicted octanol–water partition coefficient (Wildman–Crippen LogP) is 3.54. The van der Waals surface area contributed by atoms with Crippen molar-refractivity contribution in [3.05, 3.63) is 40.4 Å². The molecule has 0 saturated heterocycles. The summed E-state index contributed by atoms with van der Waals surface area (Å²) < 4.78 is 16.6. The van der Waals surface area contributed by atoms with Gasteiger partial charge in [0.05, 0.1) is 14.2 Å². The van der Waals surface area contributed by atoms with E-state index < -0.39 is 5.92 Å². The van der Waals surface area contributed by atoms with E-state index in [0.717, 1.165) is 12.8 Å². The number of carbonyl (C=O) groups is 2. The summed E-state index contributed by atoms with van der Waals surface area (Å²) in [5, 5.41) is 10.2. The van der Waals surface area contributed by atoms with Crippen LogP contribution in [0.4, 0.5) is 0 Å². The van der Waals surface area contributed by atoms with E-state index in [2.05, 4.69) is 0 Å². The van der Waals surface area contributed by atoms with Gasteiger partial charge in [-0.1, -0.05) is 0 Å². The number of carbonyl (C=O) groups excluding carboxylic acids is 2. The lowest BCUT2D eigenvalue weighted by atomic mass is 9.73. The van der Waals surface area contributed by atoms with E-state index in [9.17, 15) is 14.7 Å². The Morgan fingerprint density at radius 1 is 0.889 bits per heavy atom. The lowest BCUT2D eigenvalue weighted by molar-refractivity contribution is -0.117. The highest BCUT2D eigenvalue weighted by molar-refractivity contribution is 6.05. The van der Waals surface area contributed by atoms with Crippen LogP contribution in [-0.4, -0.2) is 30.9 Å². The summed E-state index contributed by atoms with van der Waals surface area (Å²) in [5.74, 6) is 1.25. The van der Waals surface area contributed by atoms with Crippen LogP contribution in [-0.2, 0) is 14.3 Å². The first-order valence-corrected chi connectivity index (χ1v) is 9.20. The molecular weight excluding hydrogens is 348 g/mol. The van der Waals surface area contributed by atoms with Gasteiger partial charge in [0.1, 0.15) is 11.5 Å². The number of allylic oxidation sites excluding steroid dienone is 4. The molecule has 1 heterocycles. The molecule has 0 radical (unpaired) electrons. The number of hydrogen-bond acceptors (Lipinski definition) is 6. The Labute approximate surface area is 157 Å². The smallest absolute Gasteiger partial charge is 0.200 e. The fourth-order valence-corrected chi connectivity index (χ4v) is 4.23. The summed E-state index contributed by atoms with van der Waals surface area (Å²) in [4.78, 5) is 25.6. The number of hydrogen-bond donors (Lipinski definition) is 1. The molecule has 0 spiro atoms. The van der Waals surface area contributed by atoms with Gasteiger partial charge in [-0.15, -0.1) is 0 Å². The number of benzene rings is 1. The molecule has 6 nitrogen and oxygen atoms in total. The van der Waals surface area contributed by atoms with Crippen molar-refractivity contribution >= 4 is 11.6 Å². The van der Waals surface area contributed by atoms with E-state index in [1.807, 2.05) is 0 Å². The van der Waals surface area contributed by atoms with Crippen molar-refractivity contribution < 1.29 is 28.9 Å². The van der Waals surface area contributed by atoms with Crippen LogP contribution in [0.2, 0.25) is 0 Å². The lowest BCUT2D eigenvalue weighted by Gasteiger charge is -2.36. The molecule has 27 heavy (non-hydrogen) atoms. The normalized spacial score (nSPS) is 20.2. The van der Waals surface area contributed by atoms with Crippen LogP contribution in [0.25, 0.3) is 0 Å². The van der Waals surface area contributed by atoms with Crippen molar-refractivity contribution in [3.8, 4) is 17.2 Å². The third-order valence-corrected chi connectivity index (χ3v) is 5.48. The van der Waals surface area contributed by atoms with Crippen LogP contribution in [0.15, 0.2) is 34.8 Å². The van der Waals surface area contributed by atoms with Gasteiger partial charge in [0.2, 0.25) is 5.75 Å². The molecule has 3 aliphatic rings. The molecule has 6 heteroatoms. The Morgan fingerprint density at radius 2 is 1.37 bits per heavy atom. The number of phenolic OH excluding ortho intramolecular Hbond substituents is 1. The number of methoxy groups -OCH3 is 2. The third kappa shape index (κ3) is 2.80. The van der Waals surface area contributed by atoms with Crippen molar-refractivity contribution in [2.24, 2.45) is 0 Å². The SMILES string of the molecule is COc1cc(C2C3=C(CCCC3=O)OC3=C2C(=O)CCC3)cc(OC)c1O. The summed E-state index contributed by atoms with van der Waals surface area (Å²) in [6.07, 6.45) is 3.78. The minimum atomic E-state index is -0.507. The van der Waals surface area contributed by atoms with Gasteiger partial charge in [-0.2, -0.15) is 0 Å². The molecule has 0 saturated carbocycles. The van der Waals surface area contributed by atoms with Gasteiger partial charge in [-0.25, -0.2) is 0 Å². The Kier molecular flexibility index (Phi) is 4.42. The molecule has 1 aliphatic heterocycles. The molecule has 1 N–H and O–H groups in total. The molecule has 2 aliphatic carbocycles. The van der Waals surface area contributed by atoms with Gasteiger partial charge >= 0.3 is 0 Å². The zero-order valence-corrected chi connectivity index (χ0v) is 15.5. The maximum atomic E-state index is 12.8. The van der Waals surface area contributed by atoms with Gasteiger partial charge in [-0.3, -0.25) is 9.59 Å². The van der Waals surface area contributed by atoms with E-state index >= 15 is 0 Å². The fraction of sp³-hybridized carbons (Fsp3) is 0.429. The second-order valence-corrected chi connectivity index (χ2v) is 7.04. The minimum Gasteiger partial charge on any atom is -0.502 e. The first-order valence-electron chi connectivity index (χ1n) is 9.20. The molecule has 0 unspecified atom stereocenters. The lowest BCUT2D eigenvalue weighted by Crippen LogP contribution is -2.30. The van der Waals surface area contributed by atoms with E-state index in [-0.39, 0.29) is 28.8 Å². The summed E-state index contributed by atoms with van der Waals surface area (Å²) in [6, 6.07) is 3.35. The van der Waals surface area contributed by atoms with E-state index in [1.165, 1.54) is 14.2 Å². The summed E-state index contributed by atoms with van der Waals surface area (Å²) in [7, 11) is 2.91. The molecule has 4 rings (SSSR count). The molecule has 0 amide bonds. The van der Waals surface area contributed by atoms with Crippen LogP contribution < -0.4 is 9.47 Å². The average molecular weight is 370 g/mol. The van der Waals surface area contributed by atoms with Crippen molar-refractivity contribution in [1.82, 2.24) is 0 Å². The number of Topliss-reactive ketones (excluding diaryl/α,β-unsaturated/α-hetero) is 2. The number of phenols is 1. The Balaban J connectivity index is 1.95. The van der Waals surface area contributed by atoms with Gasteiger partial charge in [-0.05, 0) is 30.5 Å². The molecule has 142 valence electrons. The maximum absolute atomic E-state index is 12.8. The quantitative estimate of drug-likeness (QED) is 0.876. The van der Waals surface area contributed by atoms with Crippen LogP contribution in [0, 0.1) is 0 Å². The van der Waals surface area contributed by atoms with E-state index in [0.29, 0.717) is 53.9 Å². The Bertz CT molecular complexity index is 825. The monoisotopic (exact) mass is 370 g/mol. The van der Waals surface area contributed by atoms with Gasteiger partial charge in [0, 0.05) is 42.7 Å². The first kappa shape index (κ1) is 17.6. The molecule has 1 aromatic rings. The van der Waals surface area contributed by atoms with Crippen LogP contribution in [0.1, 0.15) is 50.0 Å². The Hall–Kier alpha value is -2.76. The molecule has 0 fully saturated rings. The van der Waals surface area contributed by atoms with Crippen LogP contribution in [0.3, 0.4) is 0 Å². The number of aromatic hydroxyl groups is 1. The summed E-state index contributed by atoms with van der Waals surface area (Å²) >= 11 is 0. The largest absolute Gasteiger partial charge is 0.502 e. The molecular formula is C21H22O6. The van der Waals surface area contributed by atoms with E-state index in [4.69, 9.17) is 14.2 Å². The van der Waals surface area contributed by atoms with Crippen LogP contribution >= 0.6 is 0 Å². The fourth-order valence-electron chi connectivity index (χ4n) is 4.23. The molecule has 0 aromatic heterocycles. The Morgan fingerprint density at radius 3 is 1.81 bits per heavy atom. The zero-order chi connectivity index (χ0) is 19.1. The van der Waals surface area contributed by atoms with Crippen molar-refractivity contribution in [1.29, 1.82) is 0 Å². The first-order chi connectivity index (χ1) is 13.0. The summed E-state index contributed by atoms with van der Waals surface area (Å²) in [5.41, 5.74) is 1.81. The standard InChI is InChI=1S/C21H22O6/c1-25-16-9-11(10-17(26-2)21(16)24)18-19-12(22)5-3-7-14(19)27-15-8-4-6-13(23)20(15)18/h9-10,18,24H,3-8H2,1-2H3. The number of rotatable bonds is 3. The second-order valence-electron chi connectivity index (χ2n) is 7.04. The zero-order valence-electron chi connectivity index (χ0n) is 15.5. The highest BCUT2D eigenvalue weighted by atomic mass is 16.5. The van der Waals surface area contributed by atoms with Crippen molar-refractivity contribution in [2.45, 2.75) is 44.4 Å². The number of ketones is 2. The van der Waals surface area contributed by atoms with Crippen molar-refractivity contribution in [2.75, 3.05) is 14.2 Å².